The van der Waals surface area contributed by atoms with Gasteiger partial charge in [-0.25, -0.2) is 4.79 Å². The quantitative estimate of drug-likeness (QED) is 0.333. The first kappa shape index (κ1) is 24.3. The second-order valence-electron chi connectivity index (χ2n) is 6.72. The molecule has 2 aromatic carbocycles. The standard InChI is InChI=1S/C20H18ClN7O6/c1-34-9-15(17(29)23-13-5-2-11(3-6-13)20(32)33)25-19(31)18(30)24-14-8-12(21)4-7-16(14)28-10-22-26-27-28/h2-8,10,15H,9H2,1H3,(H,23,29)(H,24,30)(H,25,31)(H,32,33)/t15-/m0/s1. The highest BCUT2D eigenvalue weighted by molar-refractivity contribution is 6.40. The Hall–Kier alpha value is -4.36. The molecule has 0 radical (unpaired) electrons. The predicted octanol–water partition coefficient (Wildman–Crippen LogP) is 0.722. The van der Waals surface area contributed by atoms with Gasteiger partial charge in [0.25, 0.3) is 0 Å². The summed E-state index contributed by atoms with van der Waals surface area (Å²) in [6, 6.07) is 8.67. The first-order chi connectivity index (χ1) is 16.3. The Bertz CT molecular complexity index is 1200. The Kier molecular flexibility index (Phi) is 7.84. The van der Waals surface area contributed by atoms with Crippen molar-refractivity contribution >= 4 is 46.7 Å². The molecule has 14 heteroatoms. The van der Waals surface area contributed by atoms with E-state index in [0.717, 1.165) is 0 Å². The first-order valence-corrected chi connectivity index (χ1v) is 9.94. The van der Waals surface area contributed by atoms with Crippen molar-refractivity contribution in [3.63, 3.8) is 0 Å². The average molecular weight is 488 g/mol. The molecule has 13 nitrogen and oxygen atoms in total. The van der Waals surface area contributed by atoms with Crippen LogP contribution in [0.2, 0.25) is 5.02 Å². The van der Waals surface area contributed by atoms with Gasteiger partial charge in [0.1, 0.15) is 12.4 Å². The molecule has 3 rings (SSSR count). The van der Waals surface area contributed by atoms with Gasteiger partial charge in [0, 0.05) is 17.8 Å². The predicted molar refractivity (Wildman–Crippen MR) is 119 cm³/mol. The SMILES string of the molecule is COC[C@H](NC(=O)C(=O)Nc1cc(Cl)ccc1-n1cnnn1)C(=O)Nc1ccc(C(=O)O)cc1. The number of carboxylic acid groups (broad SMARTS) is 1. The molecule has 3 aromatic rings. The monoisotopic (exact) mass is 487 g/mol. The highest BCUT2D eigenvalue weighted by Gasteiger charge is 2.25. The maximum absolute atomic E-state index is 12.6. The van der Waals surface area contributed by atoms with Gasteiger partial charge in [-0.3, -0.25) is 14.4 Å². The van der Waals surface area contributed by atoms with Crippen LogP contribution >= 0.6 is 11.6 Å². The molecular weight excluding hydrogens is 470 g/mol. The third-order valence-corrected chi connectivity index (χ3v) is 4.60. The van der Waals surface area contributed by atoms with Crippen LogP contribution < -0.4 is 16.0 Å². The van der Waals surface area contributed by atoms with Gasteiger partial charge in [0.05, 0.1) is 23.5 Å². The van der Waals surface area contributed by atoms with Crippen molar-refractivity contribution in [3.05, 3.63) is 59.4 Å². The minimum atomic E-state index is -1.22. The smallest absolute Gasteiger partial charge is 0.335 e. The largest absolute Gasteiger partial charge is 0.478 e. The number of nitrogens with one attached hydrogen (secondary N) is 3. The number of ether oxygens (including phenoxy) is 1. The molecule has 1 aromatic heterocycles. The van der Waals surface area contributed by atoms with E-state index in [1.165, 1.54) is 48.5 Å². The Balaban J connectivity index is 1.68. The number of hydrogen-bond acceptors (Lipinski definition) is 8. The molecule has 0 saturated heterocycles. The van der Waals surface area contributed by atoms with E-state index in [2.05, 4.69) is 31.5 Å². The van der Waals surface area contributed by atoms with Gasteiger partial charge < -0.3 is 25.8 Å². The van der Waals surface area contributed by atoms with E-state index >= 15 is 0 Å². The number of methoxy groups -OCH3 is 1. The van der Waals surface area contributed by atoms with E-state index < -0.39 is 29.7 Å². The summed E-state index contributed by atoms with van der Waals surface area (Å²) in [5.41, 5.74) is 0.844. The van der Waals surface area contributed by atoms with Crippen LogP contribution in [0.1, 0.15) is 10.4 Å². The van der Waals surface area contributed by atoms with Crippen molar-refractivity contribution in [1.82, 2.24) is 25.5 Å². The highest BCUT2D eigenvalue weighted by Crippen LogP contribution is 2.23. The molecule has 0 aliphatic carbocycles. The lowest BCUT2D eigenvalue weighted by molar-refractivity contribution is -0.138. The topological polar surface area (TPSA) is 177 Å². The van der Waals surface area contributed by atoms with Crippen molar-refractivity contribution in [3.8, 4) is 5.69 Å². The molecule has 1 heterocycles. The van der Waals surface area contributed by atoms with Crippen LogP contribution in [0.5, 0.6) is 0 Å². The number of aromatic nitrogens is 4. The molecule has 0 fully saturated rings. The van der Waals surface area contributed by atoms with Gasteiger partial charge >= 0.3 is 17.8 Å². The van der Waals surface area contributed by atoms with Crippen LogP contribution in [-0.4, -0.2) is 68.8 Å². The van der Waals surface area contributed by atoms with Crippen LogP contribution in [0.4, 0.5) is 11.4 Å². The van der Waals surface area contributed by atoms with Gasteiger partial charge in [0.15, 0.2) is 0 Å². The molecule has 0 aliphatic heterocycles. The summed E-state index contributed by atoms with van der Waals surface area (Å²) in [6.07, 6.45) is 1.29. The molecule has 0 unspecified atom stereocenters. The van der Waals surface area contributed by atoms with E-state index in [0.29, 0.717) is 11.4 Å². The Morgan fingerprint density at radius 3 is 2.44 bits per heavy atom. The van der Waals surface area contributed by atoms with Crippen LogP contribution in [0.15, 0.2) is 48.8 Å². The summed E-state index contributed by atoms with van der Waals surface area (Å²) in [5, 5.41) is 27.3. The minimum absolute atomic E-state index is 0.0403. The molecule has 1 atom stereocenters. The van der Waals surface area contributed by atoms with Crippen LogP contribution in [-0.2, 0) is 19.1 Å². The summed E-state index contributed by atoms with van der Waals surface area (Å²) in [6.45, 7) is -0.231. The number of rotatable bonds is 8. The third-order valence-electron chi connectivity index (χ3n) is 4.36. The average Bonchev–Trinajstić information content (AvgIpc) is 3.33. The number of nitrogens with zero attached hydrogens (tertiary/aromatic N) is 4. The number of carbonyl (C=O) groups is 4. The fourth-order valence-corrected chi connectivity index (χ4v) is 2.93. The molecule has 0 saturated carbocycles. The number of anilines is 2. The molecular formula is C20H18ClN7O6. The normalized spacial score (nSPS) is 11.4. The lowest BCUT2D eigenvalue weighted by Gasteiger charge is -2.18. The zero-order valence-electron chi connectivity index (χ0n) is 17.6. The molecule has 0 spiro atoms. The maximum atomic E-state index is 12.6. The third kappa shape index (κ3) is 6.11. The van der Waals surface area contributed by atoms with E-state index in [1.54, 1.807) is 12.1 Å². The van der Waals surface area contributed by atoms with Crippen LogP contribution in [0.25, 0.3) is 5.69 Å². The van der Waals surface area contributed by atoms with Gasteiger partial charge in [-0.1, -0.05) is 11.6 Å². The number of halogens is 1. The van der Waals surface area contributed by atoms with Gasteiger partial charge in [-0.2, -0.15) is 4.68 Å². The van der Waals surface area contributed by atoms with Crippen LogP contribution in [0.3, 0.4) is 0 Å². The summed E-state index contributed by atoms with van der Waals surface area (Å²) < 4.78 is 6.23. The Morgan fingerprint density at radius 1 is 1.09 bits per heavy atom. The first-order valence-electron chi connectivity index (χ1n) is 9.56. The summed E-state index contributed by atoms with van der Waals surface area (Å²) in [7, 11) is 1.32. The van der Waals surface area contributed by atoms with Crippen LogP contribution in [0, 0.1) is 0 Å². The summed E-state index contributed by atoms with van der Waals surface area (Å²) in [4.78, 5) is 48.5. The number of hydrogen-bond donors (Lipinski definition) is 4. The van der Waals surface area contributed by atoms with E-state index in [9.17, 15) is 19.2 Å². The van der Waals surface area contributed by atoms with Crippen molar-refractivity contribution in [2.75, 3.05) is 24.4 Å². The van der Waals surface area contributed by atoms with Crippen molar-refractivity contribution in [2.24, 2.45) is 0 Å². The van der Waals surface area contributed by atoms with E-state index in [-0.39, 0.29) is 22.9 Å². The summed E-state index contributed by atoms with van der Waals surface area (Å²) >= 11 is 6.00. The zero-order valence-corrected chi connectivity index (χ0v) is 18.3. The van der Waals surface area contributed by atoms with E-state index in [1.807, 2.05) is 0 Å². The number of benzene rings is 2. The molecule has 4 N–H and O–H groups in total. The fourth-order valence-electron chi connectivity index (χ4n) is 2.76. The van der Waals surface area contributed by atoms with Crippen molar-refractivity contribution in [1.29, 1.82) is 0 Å². The van der Waals surface area contributed by atoms with E-state index in [4.69, 9.17) is 21.4 Å². The zero-order chi connectivity index (χ0) is 24.7. The van der Waals surface area contributed by atoms with Crippen molar-refractivity contribution < 1.29 is 29.0 Å². The summed E-state index contributed by atoms with van der Waals surface area (Å²) in [5.74, 6) is -3.98. The number of tetrazole rings is 1. The Morgan fingerprint density at radius 2 is 1.82 bits per heavy atom. The molecule has 3 amide bonds. The maximum Gasteiger partial charge on any atom is 0.335 e. The fraction of sp³-hybridized carbons (Fsp3) is 0.150. The lowest BCUT2D eigenvalue weighted by atomic mass is 10.2. The van der Waals surface area contributed by atoms with Gasteiger partial charge in [-0.15, -0.1) is 5.10 Å². The molecule has 176 valence electrons. The molecule has 0 aliphatic rings. The number of aromatic carboxylic acids is 1. The minimum Gasteiger partial charge on any atom is -0.478 e. The van der Waals surface area contributed by atoms with Gasteiger partial charge in [0.2, 0.25) is 5.91 Å². The molecule has 0 bridgehead atoms. The molecule has 34 heavy (non-hydrogen) atoms. The number of carbonyl (C=O) groups excluding carboxylic acids is 3. The Labute approximate surface area is 197 Å². The number of amides is 3. The number of carboxylic acids is 1. The second kappa shape index (κ2) is 11.0. The highest BCUT2D eigenvalue weighted by atomic mass is 35.5. The van der Waals surface area contributed by atoms with Crippen molar-refractivity contribution in [2.45, 2.75) is 6.04 Å². The lowest BCUT2D eigenvalue weighted by Crippen LogP contribution is -2.50. The second-order valence-corrected chi connectivity index (χ2v) is 7.16. The van der Waals surface area contributed by atoms with Gasteiger partial charge in [-0.05, 0) is 52.9 Å².